The summed E-state index contributed by atoms with van der Waals surface area (Å²) in [4.78, 5) is 11.7. The van der Waals surface area contributed by atoms with Gasteiger partial charge in [0.2, 0.25) is 0 Å². The zero-order chi connectivity index (χ0) is 12.9. The van der Waals surface area contributed by atoms with E-state index in [0.29, 0.717) is 12.0 Å². The predicted molar refractivity (Wildman–Crippen MR) is 69.6 cm³/mol. The summed E-state index contributed by atoms with van der Waals surface area (Å²) < 4.78 is 5.07. The van der Waals surface area contributed by atoms with Gasteiger partial charge in [0.05, 0.1) is 12.2 Å². The molecule has 0 atom stereocenters. The highest BCUT2D eigenvalue weighted by Gasteiger charge is 2.22. The fourth-order valence-electron chi connectivity index (χ4n) is 1.97. The molecule has 0 unspecified atom stereocenters. The first-order chi connectivity index (χ1) is 7.94. The fourth-order valence-corrected chi connectivity index (χ4v) is 1.97. The van der Waals surface area contributed by atoms with Crippen LogP contribution >= 0.6 is 0 Å². The van der Waals surface area contributed by atoms with Crippen molar-refractivity contribution < 1.29 is 9.53 Å². The topological polar surface area (TPSA) is 38.3 Å². The third kappa shape index (κ3) is 4.80. The summed E-state index contributed by atoms with van der Waals surface area (Å²) in [7, 11) is 0. The predicted octanol–water partition coefficient (Wildman–Crippen LogP) is 3.01. The van der Waals surface area contributed by atoms with E-state index in [2.05, 4.69) is 26.1 Å². The second-order valence-electron chi connectivity index (χ2n) is 5.77. The van der Waals surface area contributed by atoms with E-state index in [4.69, 9.17) is 4.74 Å². The molecule has 1 N–H and O–H groups in total. The van der Waals surface area contributed by atoms with Crippen LogP contribution in [-0.4, -0.2) is 19.1 Å². The summed E-state index contributed by atoms with van der Waals surface area (Å²) in [5, 5.41) is 3.41. The molecule has 0 spiro atoms. The Bertz CT molecular complexity index is 300. The molecule has 3 heteroatoms. The van der Waals surface area contributed by atoms with Crippen LogP contribution in [0.4, 0.5) is 0 Å². The molecule has 0 fully saturated rings. The highest BCUT2D eigenvalue weighted by atomic mass is 16.5. The Morgan fingerprint density at radius 3 is 2.65 bits per heavy atom. The molecule has 0 aromatic carbocycles. The lowest BCUT2D eigenvalue weighted by Crippen LogP contribution is -2.21. The van der Waals surface area contributed by atoms with Gasteiger partial charge in [-0.2, -0.15) is 0 Å². The molecule has 0 aromatic rings. The second-order valence-corrected chi connectivity index (χ2v) is 5.77. The van der Waals surface area contributed by atoms with Gasteiger partial charge in [0.15, 0.2) is 0 Å². The molecule has 3 nitrogen and oxygen atoms in total. The molecule has 0 saturated carbocycles. The van der Waals surface area contributed by atoms with Gasteiger partial charge in [-0.25, -0.2) is 4.79 Å². The van der Waals surface area contributed by atoms with Gasteiger partial charge in [0.1, 0.15) is 0 Å². The maximum absolute atomic E-state index is 11.7. The van der Waals surface area contributed by atoms with E-state index in [-0.39, 0.29) is 5.97 Å². The molecule has 0 radical (unpaired) electrons. The van der Waals surface area contributed by atoms with Gasteiger partial charge in [-0.15, -0.1) is 0 Å². The monoisotopic (exact) mass is 239 g/mol. The van der Waals surface area contributed by atoms with Crippen molar-refractivity contribution >= 4 is 5.97 Å². The van der Waals surface area contributed by atoms with Crippen molar-refractivity contribution in [2.75, 3.05) is 13.2 Å². The lowest BCUT2D eigenvalue weighted by molar-refractivity contribution is -0.138. The molecule has 0 bridgehead atoms. The normalized spacial score (nSPS) is 16.2. The molecule has 0 heterocycles. The summed E-state index contributed by atoms with van der Waals surface area (Å²) in [6.07, 6.45) is 4.01. The molecule has 1 aliphatic carbocycles. The van der Waals surface area contributed by atoms with E-state index in [1.165, 1.54) is 0 Å². The minimum atomic E-state index is -0.136. The average Bonchev–Trinajstić information content (AvgIpc) is 2.64. The molecule has 0 aromatic heterocycles. The number of hydrogen-bond acceptors (Lipinski definition) is 3. The standard InChI is InChI=1S/C14H25NO2/c1-5-17-13(16)11-7-6-8-12(11)15-10-9-14(2,3)4/h15H,5-10H2,1-4H3. The van der Waals surface area contributed by atoms with E-state index in [0.717, 1.165) is 43.5 Å². The van der Waals surface area contributed by atoms with Gasteiger partial charge in [-0.1, -0.05) is 20.8 Å². The first kappa shape index (κ1) is 14.1. The van der Waals surface area contributed by atoms with Crippen molar-refractivity contribution in [3.8, 4) is 0 Å². The van der Waals surface area contributed by atoms with Gasteiger partial charge in [-0.3, -0.25) is 0 Å². The van der Waals surface area contributed by atoms with Crippen LogP contribution in [0.5, 0.6) is 0 Å². The Morgan fingerprint density at radius 1 is 1.35 bits per heavy atom. The van der Waals surface area contributed by atoms with Crippen LogP contribution in [0.1, 0.15) is 53.4 Å². The minimum Gasteiger partial charge on any atom is -0.463 e. The maximum atomic E-state index is 11.7. The van der Waals surface area contributed by atoms with Crippen molar-refractivity contribution in [2.45, 2.75) is 53.4 Å². The molecule has 0 aliphatic heterocycles. The van der Waals surface area contributed by atoms with E-state index in [1.54, 1.807) is 0 Å². The lowest BCUT2D eigenvalue weighted by Gasteiger charge is -2.19. The van der Waals surface area contributed by atoms with Gasteiger partial charge in [0, 0.05) is 12.2 Å². The summed E-state index contributed by atoms with van der Waals surface area (Å²) in [6, 6.07) is 0. The number of carbonyl (C=O) groups is 1. The Hall–Kier alpha value is -0.990. The molecule has 0 saturated heterocycles. The molecule has 17 heavy (non-hydrogen) atoms. The number of hydrogen-bond donors (Lipinski definition) is 1. The molecule has 0 amide bonds. The summed E-state index contributed by atoms with van der Waals surface area (Å²) in [6.45, 7) is 9.91. The summed E-state index contributed by atoms with van der Waals surface area (Å²) in [5.74, 6) is -0.136. The van der Waals surface area contributed by atoms with E-state index in [1.807, 2.05) is 6.92 Å². The fraction of sp³-hybridized carbons (Fsp3) is 0.786. The van der Waals surface area contributed by atoms with E-state index < -0.39 is 0 Å². The van der Waals surface area contributed by atoms with Gasteiger partial charge < -0.3 is 10.1 Å². The van der Waals surface area contributed by atoms with Gasteiger partial charge >= 0.3 is 5.97 Å². The highest BCUT2D eigenvalue weighted by Crippen LogP contribution is 2.25. The zero-order valence-electron chi connectivity index (χ0n) is 11.6. The quantitative estimate of drug-likeness (QED) is 0.749. The highest BCUT2D eigenvalue weighted by molar-refractivity contribution is 5.89. The number of allylic oxidation sites excluding steroid dienone is 1. The van der Waals surface area contributed by atoms with Crippen molar-refractivity contribution in [1.29, 1.82) is 0 Å². The average molecular weight is 239 g/mol. The Balaban J connectivity index is 2.49. The molecule has 98 valence electrons. The molecule has 1 rings (SSSR count). The van der Waals surface area contributed by atoms with E-state index in [9.17, 15) is 4.79 Å². The Labute approximate surface area is 105 Å². The van der Waals surface area contributed by atoms with Crippen LogP contribution < -0.4 is 5.32 Å². The SMILES string of the molecule is CCOC(=O)C1=C(NCCC(C)(C)C)CCC1. The lowest BCUT2D eigenvalue weighted by atomic mass is 9.92. The number of rotatable bonds is 5. The van der Waals surface area contributed by atoms with Gasteiger partial charge in [0.25, 0.3) is 0 Å². The molecular formula is C14H25NO2. The van der Waals surface area contributed by atoms with Crippen molar-refractivity contribution in [3.05, 3.63) is 11.3 Å². The maximum Gasteiger partial charge on any atom is 0.335 e. The second kappa shape index (κ2) is 6.08. The van der Waals surface area contributed by atoms with Crippen molar-refractivity contribution in [3.63, 3.8) is 0 Å². The largest absolute Gasteiger partial charge is 0.463 e. The number of ether oxygens (including phenoxy) is 1. The summed E-state index contributed by atoms with van der Waals surface area (Å²) in [5.41, 5.74) is 2.30. The van der Waals surface area contributed by atoms with Crippen molar-refractivity contribution in [1.82, 2.24) is 5.32 Å². The number of esters is 1. The van der Waals surface area contributed by atoms with Crippen LogP contribution in [0, 0.1) is 5.41 Å². The van der Waals surface area contributed by atoms with Crippen molar-refractivity contribution in [2.24, 2.45) is 5.41 Å². The zero-order valence-corrected chi connectivity index (χ0v) is 11.6. The number of carbonyl (C=O) groups excluding carboxylic acids is 1. The van der Waals surface area contributed by atoms with Crippen LogP contribution in [0.2, 0.25) is 0 Å². The first-order valence-corrected chi connectivity index (χ1v) is 6.57. The van der Waals surface area contributed by atoms with Gasteiger partial charge in [-0.05, 0) is 38.0 Å². The number of nitrogens with one attached hydrogen (secondary N) is 1. The summed E-state index contributed by atoms with van der Waals surface area (Å²) >= 11 is 0. The third-order valence-corrected chi connectivity index (χ3v) is 2.95. The van der Waals surface area contributed by atoms with Crippen LogP contribution in [-0.2, 0) is 9.53 Å². The first-order valence-electron chi connectivity index (χ1n) is 6.57. The smallest absolute Gasteiger partial charge is 0.335 e. The van der Waals surface area contributed by atoms with E-state index >= 15 is 0 Å². The van der Waals surface area contributed by atoms with Crippen LogP contribution in [0.15, 0.2) is 11.3 Å². The Kier molecular flexibility index (Phi) is 5.03. The molecule has 1 aliphatic rings. The minimum absolute atomic E-state index is 0.136. The van der Waals surface area contributed by atoms with Crippen LogP contribution in [0.25, 0.3) is 0 Å². The van der Waals surface area contributed by atoms with Crippen LogP contribution in [0.3, 0.4) is 0 Å². The third-order valence-electron chi connectivity index (χ3n) is 2.95. The molecular weight excluding hydrogens is 214 g/mol. The Morgan fingerprint density at radius 2 is 2.06 bits per heavy atom.